The van der Waals surface area contributed by atoms with Crippen LogP contribution in [-0.2, 0) is 9.53 Å². The quantitative estimate of drug-likeness (QED) is 0.723. The Morgan fingerprint density at radius 2 is 2.05 bits per heavy atom. The number of aliphatic hydroxyl groups excluding tert-OH is 1. The van der Waals surface area contributed by atoms with Gasteiger partial charge in [0.05, 0.1) is 26.7 Å². The van der Waals surface area contributed by atoms with Gasteiger partial charge in [-0.2, -0.15) is 0 Å². The molecule has 0 radical (unpaired) electrons. The first-order chi connectivity index (χ1) is 9.98. The summed E-state index contributed by atoms with van der Waals surface area (Å²) in [4.78, 5) is 23.6. The van der Waals surface area contributed by atoms with Crippen LogP contribution in [0.25, 0.3) is 0 Å². The van der Waals surface area contributed by atoms with Crippen molar-refractivity contribution in [3.8, 4) is 0 Å². The minimum atomic E-state index is -0.541. The molecule has 6 nitrogen and oxygen atoms in total. The fraction of sp³-hybridized carbons (Fsp3) is 0.625. The number of piperidine rings is 1. The molecule has 0 aromatic heterocycles. The van der Waals surface area contributed by atoms with Crippen molar-refractivity contribution in [1.82, 2.24) is 5.32 Å². The first-order valence-corrected chi connectivity index (χ1v) is 7.46. The third-order valence-electron chi connectivity index (χ3n) is 3.91. The van der Waals surface area contributed by atoms with Gasteiger partial charge in [0.2, 0.25) is 5.78 Å². The summed E-state index contributed by atoms with van der Waals surface area (Å²) in [6.07, 6.45) is 3.24. The molecule has 2 aliphatic rings. The normalized spacial score (nSPS) is 27.4. The molecule has 0 saturated carbocycles. The topological polar surface area (TPSA) is 75.6 Å². The molecule has 2 atom stereocenters. The number of hydrogen-bond acceptors (Lipinski definition) is 4. The number of likely N-dealkylation sites (tertiary alicyclic amines) is 1. The van der Waals surface area contributed by atoms with Crippen molar-refractivity contribution in [2.45, 2.75) is 44.9 Å². The Bertz CT molecular complexity index is 555. The molecule has 1 saturated heterocycles. The zero-order valence-electron chi connectivity index (χ0n) is 13.8. The van der Waals surface area contributed by atoms with Crippen molar-refractivity contribution in [1.29, 1.82) is 0 Å². The van der Waals surface area contributed by atoms with E-state index in [1.165, 1.54) is 6.08 Å². The van der Waals surface area contributed by atoms with Crippen molar-refractivity contribution in [2.75, 3.05) is 20.6 Å². The fourth-order valence-electron chi connectivity index (χ4n) is 3.10. The number of rotatable bonds is 1. The van der Waals surface area contributed by atoms with Gasteiger partial charge in [0.1, 0.15) is 11.6 Å². The molecule has 0 aromatic rings. The van der Waals surface area contributed by atoms with Gasteiger partial charge in [-0.3, -0.25) is 4.79 Å². The van der Waals surface area contributed by atoms with Crippen LogP contribution in [0.4, 0.5) is 4.79 Å². The van der Waals surface area contributed by atoms with Crippen LogP contribution in [0, 0.1) is 0 Å². The van der Waals surface area contributed by atoms with Crippen molar-refractivity contribution in [3.63, 3.8) is 0 Å². The molecule has 1 heterocycles. The van der Waals surface area contributed by atoms with Gasteiger partial charge < -0.3 is 19.6 Å². The van der Waals surface area contributed by atoms with E-state index in [9.17, 15) is 14.7 Å². The number of aliphatic hydroxyl groups is 1. The van der Waals surface area contributed by atoms with Gasteiger partial charge >= 0.3 is 6.09 Å². The highest BCUT2D eigenvalue weighted by molar-refractivity contribution is 6.03. The van der Waals surface area contributed by atoms with E-state index in [1.54, 1.807) is 6.08 Å². The number of nitrogens with one attached hydrogen (secondary N) is 1. The van der Waals surface area contributed by atoms with E-state index in [4.69, 9.17) is 4.74 Å². The number of fused-ring (bicyclic) bond motifs is 1. The number of carbonyl (C=O) groups excluding carboxylic acids is 2. The van der Waals surface area contributed by atoms with E-state index in [0.717, 1.165) is 5.57 Å². The van der Waals surface area contributed by atoms with Crippen LogP contribution in [0.2, 0.25) is 0 Å². The minimum absolute atomic E-state index is 0.0330. The van der Waals surface area contributed by atoms with Crippen LogP contribution >= 0.6 is 0 Å². The number of ether oxygens (including phenoxy) is 1. The number of hydrogen-bond donors (Lipinski definition) is 2. The van der Waals surface area contributed by atoms with Gasteiger partial charge in [0, 0.05) is 12.5 Å². The summed E-state index contributed by atoms with van der Waals surface area (Å²) in [7, 11) is 4.03. The van der Waals surface area contributed by atoms with Gasteiger partial charge in [0.15, 0.2) is 5.76 Å². The first-order valence-electron chi connectivity index (χ1n) is 7.46. The summed E-state index contributed by atoms with van der Waals surface area (Å²) in [5.74, 6) is -0.567. The second-order valence-corrected chi connectivity index (χ2v) is 7.59. The van der Waals surface area contributed by atoms with Crippen LogP contribution in [-0.4, -0.2) is 59.8 Å². The number of nitrogens with zero attached hydrogens (tertiary/aromatic N) is 1. The van der Waals surface area contributed by atoms with Crippen LogP contribution in [0.15, 0.2) is 23.5 Å². The number of likely N-dealkylation sites (N-methyl/N-ethyl adjacent to an activating group) is 1. The molecule has 0 aromatic carbocycles. The molecule has 1 amide bonds. The molecular weight excluding hydrogens is 284 g/mol. The van der Waals surface area contributed by atoms with E-state index < -0.39 is 11.7 Å². The number of carbonyl (C=O) groups is 2. The average molecular weight is 309 g/mol. The van der Waals surface area contributed by atoms with Crippen molar-refractivity contribution in [3.05, 3.63) is 23.5 Å². The molecule has 1 aliphatic carbocycles. The van der Waals surface area contributed by atoms with Gasteiger partial charge in [-0.25, -0.2) is 4.79 Å². The summed E-state index contributed by atoms with van der Waals surface area (Å²) in [6.45, 7) is 6.15. The Balaban J connectivity index is 2.11. The molecule has 22 heavy (non-hydrogen) atoms. The molecule has 1 unspecified atom stereocenters. The Hall–Kier alpha value is -1.82. The number of quaternary nitrogens is 1. The second-order valence-electron chi connectivity index (χ2n) is 7.59. The molecule has 122 valence electrons. The SMILES string of the molecule is CC(C)(C)OC(=O)N[C@H]1CC2=CC(=O)C(O)=CC2[N+](C)(C)C1. The molecule has 0 spiro atoms. The lowest BCUT2D eigenvalue weighted by Crippen LogP contribution is -2.61. The summed E-state index contributed by atoms with van der Waals surface area (Å²) < 4.78 is 5.85. The minimum Gasteiger partial charge on any atom is -0.504 e. The molecule has 1 aliphatic heterocycles. The zero-order valence-corrected chi connectivity index (χ0v) is 13.8. The van der Waals surface area contributed by atoms with Gasteiger partial charge in [-0.15, -0.1) is 0 Å². The Morgan fingerprint density at radius 3 is 2.64 bits per heavy atom. The second kappa shape index (κ2) is 5.43. The number of alkyl carbamates (subject to hydrolysis) is 1. The zero-order chi connectivity index (χ0) is 16.7. The summed E-state index contributed by atoms with van der Waals surface area (Å²) >= 11 is 0. The Morgan fingerprint density at radius 1 is 1.41 bits per heavy atom. The monoisotopic (exact) mass is 309 g/mol. The number of ketones is 1. The molecular formula is C16H25N2O4+. The van der Waals surface area contributed by atoms with E-state index in [1.807, 2.05) is 34.9 Å². The molecule has 1 fully saturated rings. The maximum Gasteiger partial charge on any atom is 0.408 e. The van der Waals surface area contributed by atoms with Gasteiger partial charge in [-0.1, -0.05) is 0 Å². The lowest BCUT2D eigenvalue weighted by Gasteiger charge is -2.45. The maximum absolute atomic E-state index is 11.9. The first kappa shape index (κ1) is 16.5. The third-order valence-corrected chi connectivity index (χ3v) is 3.91. The Kier molecular flexibility index (Phi) is 4.08. The lowest BCUT2D eigenvalue weighted by atomic mass is 9.86. The summed E-state index contributed by atoms with van der Waals surface area (Å²) in [6, 6.07) is -0.136. The Labute approximate surface area is 131 Å². The molecule has 2 rings (SSSR count). The fourth-order valence-corrected chi connectivity index (χ4v) is 3.10. The van der Waals surface area contributed by atoms with Crippen LogP contribution in [0.5, 0.6) is 0 Å². The highest BCUT2D eigenvalue weighted by Gasteiger charge is 2.42. The van der Waals surface area contributed by atoms with E-state index in [0.29, 0.717) is 17.4 Å². The number of allylic oxidation sites excluding steroid dienone is 1. The van der Waals surface area contributed by atoms with Crippen LogP contribution in [0.3, 0.4) is 0 Å². The maximum atomic E-state index is 11.9. The van der Waals surface area contributed by atoms with Gasteiger partial charge in [0.25, 0.3) is 0 Å². The van der Waals surface area contributed by atoms with Crippen LogP contribution in [0.1, 0.15) is 27.2 Å². The third kappa shape index (κ3) is 3.68. The predicted molar refractivity (Wildman–Crippen MR) is 82.3 cm³/mol. The largest absolute Gasteiger partial charge is 0.504 e. The standard InChI is InChI=1S/C16H24N2O4/c1-16(2,3)22-15(21)17-11-6-10-7-13(19)14(20)8-12(10)18(4,5)9-11/h7-8,11-12H,6,9H2,1-5H3,(H-,17,20,21)/p+1/t11-,12?/m0/s1. The van der Waals surface area contributed by atoms with Crippen molar-refractivity contribution >= 4 is 11.9 Å². The highest BCUT2D eigenvalue weighted by atomic mass is 16.6. The summed E-state index contributed by atoms with van der Waals surface area (Å²) in [5, 5.41) is 12.5. The van der Waals surface area contributed by atoms with E-state index in [2.05, 4.69) is 5.32 Å². The summed E-state index contributed by atoms with van der Waals surface area (Å²) in [5.41, 5.74) is 0.389. The molecule has 2 N–H and O–H groups in total. The smallest absolute Gasteiger partial charge is 0.408 e. The molecule has 0 bridgehead atoms. The lowest BCUT2D eigenvalue weighted by molar-refractivity contribution is -0.907. The van der Waals surface area contributed by atoms with Gasteiger partial charge in [-0.05, 0) is 32.4 Å². The van der Waals surface area contributed by atoms with E-state index >= 15 is 0 Å². The molecule has 6 heteroatoms. The van der Waals surface area contributed by atoms with Crippen LogP contribution < -0.4 is 5.32 Å². The average Bonchev–Trinajstić information content (AvgIpc) is 2.28. The van der Waals surface area contributed by atoms with E-state index in [-0.39, 0.29) is 23.6 Å². The van der Waals surface area contributed by atoms with Crippen molar-refractivity contribution < 1.29 is 23.9 Å². The van der Waals surface area contributed by atoms with Crippen molar-refractivity contribution in [2.24, 2.45) is 0 Å². The highest BCUT2D eigenvalue weighted by Crippen LogP contribution is 2.31. The number of amides is 1. The predicted octanol–water partition coefficient (Wildman–Crippen LogP) is 1.68.